The van der Waals surface area contributed by atoms with Crippen molar-refractivity contribution in [2.75, 3.05) is 38.1 Å². The summed E-state index contributed by atoms with van der Waals surface area (Å²) in [5.41, 5.74) is 0.919. The monoisotopic (exact) mass is 359 g/mol. The minimum atomic E-state index is -0.0740. The van der Waals surface area contributed by atoms with Crippen molar-refractivity contribution in [3.8, 4) is 5.75 Å². The average Bonchev–Trinajstić information content (AvgIpc) is 3.18. The number of rotatable bonds is 4. The van der Waals surface area contributed by atoms with Gasteiger partial charge in [-0.25, -0.2) is 0 Å². The Kier molecular flexibility index (Phi) is 5.55. The van der Waals surface area contributed by atoms with E-state index in [0.29, 0.717) is 43.7 Å². The Morgan fingerprint density at radius 3 is 2.44 bits per heavy atom. The quantitative estimate of drug-likeness (QED) is 0.847. The van der Waals surface area contributed by atoms with Gasteiger partial charge in [0.05, 0.1) is 12.9 Å². The summed E-state index contributed by atoms with van der Waals surface area (Å²) in [7, 11) is 0. The third kappa shape index (κ3) is 4.30. The van der Waals surface area contributed by atoms with Gasteiger partial charge in [-0.2, -0.15) is 0 Å². The zero-order valence-corrected chi connectivity index (χ0v) is 14.9. The summed E-state index contributed by atoms with van der Waals surface area (Å²) < 4.78 is 10.6. The van der Waals surface area contributed by atoms with Gasteiger partial charge in [0.15, 0.2) is 10.9 Å². The summed E-state index contributed by atoms with van der Waals surface area (Å²) in [5, 5.41) is 3.89. The van der Waals surface area contributed by atoms with Crippen molar-refractivity contribution in [1.82, 2.24) is 9.80 Å². The molecule has 1 aliphatic rings. The molecule has 1 aromatic heterocycles. The van der Waals surface area contributed by atoms with E-state index in [1.807, 2.05) is 31.2 Å². The molecule has 1 N–H and O–H groups in total. The van der Waals surface area contributed by atoms with E-state index in [-0.39, 0.29) is 5.91 Å². The lowest BCUT2D eigenvalue weighted by molar-refractivity contribution is 0.0661. The summed E-state index contributed by atoms with van der Waals surface area (Å²) in [6.45, 7) is 5.21. The van der Waals surface area contributed by atoms with E-state index in [4.69, 9.17) is 21.4 Å². The molecule has 0 atom stereocenters. The first kappa shape index (κ1) is 17.3. The summed E-state index contributed by atoms with van der Waals surface area (Å²) >= 11 is 5.49. The highest BCUT2D eigenvalue weighted by Gasteiger charge is 2.24. The van der Waals surface area contributed by atoms with Gasteiger partial charge in [-0.1, -0.05) is 0 Å². The third-order valence-corrected chi connectivity index (χ3v) is 4.36. The Labute approximate surface area is 152 Å². The van der Waals surface area contributed by atoms with Crippen LogP contribution >= 0.6 is 12.2 Å². The lowest BCUT2D eigenvalue weighted by atomic mass is 10.3. The van der Waals surface area contributed by atoms with Crippen LogP contribution in [-0.4, -0.2) is 53.6 Å². The van der Waals surface area contributed by atoms with Gasteiger partial charge >= 0.3 is 0 Å². The molecule has 7 heteroatoms. The molecule has 0 aliphatic carbocycles. The van der Waals surface area contributed by atoms with Crippen LogP contribution in [0.2, 0.25) is 0 Å². The van der Waals surface area contributed by atoms with E-state index in [9.17, 15) is 4.79 Å². The number of hydrogen-bond donors (Lipinski definition) is 1. The molecule has 25 heavy (non-hydrogen) atoms. The molecule has 2 aromatic rings. The van der Waals surface area contributed by atoms with Gasteiger partial charge in [0.1, 0.15) is 5.75 Å². The molecule has 0 spiro atoms. The van der Waals surface area contributed by atoms with Gasteiger partial charge in [0.25, 0.3) is 5.91 Å². The number of anilines is 1. The first-order valence-corrected chi connectivity index (χ1v) is 8.70. The molecule has 1 aromatic carbocycles. The summed E-state index contributed by atoms with van der Waals surface area (Å²) in [6, 6.07) is 11.1. The van der Waals surface area contributed by atoms with Gasteiger partial charge in [-0.3, -0.25) is 4.79 Å². The van der Waals surface area contributed by atoms with Gasteiger partial charge in [-0.15, -0.1) is 0 Å². The van der Waals surface area contributed by atoms with E-state index in [1.165, 1.54) is 6.26 Å². The van der Waals surface area contributed by atoms with E-state index >= 15 is 0 Å². The lowest BCUT2D eigenvalue weighted by Crippen LogP contribution is -2.51. The first-order valence-electron chi connectivity index (χ1n) is 8.29. The number of nitrogens with one attached hydrogen (secondary N) is 1. The molecule has 0 saturated carbocycles. The third-order valence-electron chi connectivity index (χ3n) is 4.00. The molecule has 6 nitrogen and oxygen atoms in total. The van der Waals surface area contributed by atoms with Crippen molar-refractivity contribution in [2.45, 2.75) is 6.92 Å². The van der Waals surface area contributed by atoms with Gasteiger partial charge in [-0.05, 0) is 55.5 Å². The molecule has 1 amide bonds. The van der Waals surface area contributed by atoms with Crippen LogP contribution in [0.15, 0.2) is 47.1 Å². The Bertz CT molecular complexity index is 708. The minimum absolute atomic E-state index is 0.0740. The van der Waals surface area contributed by atoms with Crippen molar-refractivity contribution in [3.05, 3.63) is 48.4 Å². The van der Waals surface area contributed by atoms with Crippen LogP contribution in [-0.2, 0) is 0 Å². The van der Waals surface area contributed by atoms with Crippen LogP contribution in [0.3, 0.4) is 0 Å². The van der Waals surface area contributed by atoms with E-state index in [2.05, 4.69) is 10.2 Å². The van der Waals surface area contributed by atoms with E-state index in [0.717, 1.165) is 11.4 Å². The Morgan fingerprint density at radius 1 is 1.16 bits per heavy atom. The number of hydrogen-bond acceptors (Lipinski definition) is 4. The second-order valence-corrected chi connectivity index (χ2v) is 6.03. The van der Waals surface area contributed by atoms with E-state index < -0.39 is 0 Å². The number of carbonyl (C=O) groups is 1. The largest absolute Gasteiger partial charge is 0.494 e. The van der Waals surface area contributed by atoms with Crippen LogP contribution in [0.1, 0.15) is 17.5 Å². The number of carbonyl (C=O) groups excluding carboxylic acids is 1. The van der Waals surface area contributed by atoms with Crippen molar-refractivity contribution in [1.29, 1.82) is 0 Å². The number of piperazine rings is 1. The predicted molar refractivity (Wildman–Crippen MR) is 100 cm³/mol. The number of furan rings is 1. The van der Waals surface area contributed by atoms with Crippen LogP contribution in [0.5, 0.6) is 5.75 Å². The number of nitrogens with zero attached hydrogens (tertiary/aromatic N) is 2. The van der Waals surface area contributed by atoms with Gasteiger partial charge in [0, 0.05) is 31.9 Å². The maximum atomic E-state index is 12.3. The van der Waals surface area contributed by atoms with Crippen LogP contribution in [0.25, 0.3) is 0 Å². The Morgan fingerprint density at radius 2 is 1.84 bits per heavy atom. The maximum absolute atomic E-state index is 12.3. The van der Waals surface area contributed by atoms with Crippen LogP contribution < -0.4 is 10.1 Å². The normalized spacial score (nSPS) is 14.3. The number of benzene rings is 1. The van der Waals surface area contributed by atoms with Crippen molar-refractivity contribution in [3.63, 3.8) is 0 Å². The molecule has 2 heterocycles. The lowest BCUT2D eigenvalue weighted by Gasteiger charge is -2.35. The zero-order valence-electron chi connectivity index (χ0n) is 14.1. The Balaban J connectivity index is 1.50. The SMILES string of the molecule is CCOc1ccc(NC(=S)N2CCN(C(=O)c3ccco3)CC2)cc1. The fourth-order valence-electron chi connectivity index (χ4n) is 2.67. The van der Waals surface area contributed by atoms with Crippen molar-refractivity contribution in [2.24, 2.45) is 0 Å². The first-order chi connectivity index (χ1) is 12.2. The molecule has 0 radical (unpaired) electrons. The highest BCUT2D eigenvalue weighted by atomic mass is 32.1. The molecule has 0 unspecified atom stereocenters. The topological polar surface area (TPSA) is 58.0 Å². The maximum Gasteiger partial charge on any atom is 0.289 e. The standard InChI is InChI=1S/C18H21N3O3S/c1-2-23-15-7-5-14(6-8-15)19-18(25)21-11-9-20(10-12-21)17(22)16-4-3-13-24-16/h3-8,13H,2,9-12H2,1H3,(H,19,25). The number of thiocarbonyl (C=S) groups is 1. The minimum Gasteiger partial charge on any atom is -0.494 e. The predicted octanol–water partition coefficient (Wildman–Crippen LogP) is 2.83. The van der Waals surface area contributed by atoms with Crippen molar-refractivity contribution >= 4 is 28.9 Å². The van der Waals surface area contributed by atoms with Crippen molar-refractivity contribution < 1.29 is 13.9 Å². The molecular weight excluding hydrogens is 338 g/mol. The smallest absolute Gasteiger partial charge is 0.289 e. The summed E-state index contributed by atoms with van der Waals surface area (Å²) in [6.07, 6.45) is 1.51. The summed E-state index contributed by atoms with van der Waals surface area (Å²) in [5.74, 6) is 1.14. The molecular formula is C18H21N3O3S. The zero-order chi connectivity index (χ0) is 17.6. The summed E-state index contributed by atoms with van der Waals surface area (Å²) in [4.78, 5) is 16.1. The molecule has 1 aliphatic heterocycles. The van der Waals surface area contributed by atoms with Crippen LogP contribution in [0, 0.1) is 0 Å². The molecule has 1 fully saturated rings. The molecule has 0 bridgehead atoms. The molecule has 3 rings (SSSR count). The molecule has 1 saturated heterocycles. The second-order valence-electron chi connectivity index (χ2n) is 5.64. The molecule has 132 valence electrons. The highest BCUT2D eigenvalue weighted by molar-refractivity contribution is 7.80. The van der Waals surface area contributed by atoms with Gasteiger partial charge in [0.2, 0.25) is 0 Å². The van der Waals surface area contributed by atoms with Crippen LogP contribution in [0.4, 0.5) is 5.69 Å². The van der Waals surface area contributed by atoms with Gasteiger partial charge < -0.3 is 24.3 Å². The highest BCUT2D eigenvalue weighted by Crippen LogP contribution is 2.17. The second kappa shape index (κ2) is 8.02. The Hall–Kier alpha value is -2.54. The van der Waals surface area contributed by atoms with E-state index in [1.54, 1.807) is 17.0 Å². The number of amides is 1. The fraction of sp³-hybridized carbons (Fsp3) is 0.333. The number of ether oxygens (including phenoxy) is 1. The fourth-order valence-corrected chi connectivity index (χ4v) is 2.97. The average molecular weight is 359 g/mol.